The molecule has 0 aliphatic rings. The average molecular weight is 229 g/mol. The van der Waals surface area contributed by atoms with E-state index in [0.29, 0.717) is 24.0 Å². The van der Waals surface area contributed by atoms with E-state index in [1.807, 2.05) is 13.0 Å². The molecule has 17 heavy (non-hydrogen) atoms. The summed E-state index contributed by atoms with van der Waals surface area (Å²) in [6, 6.07) is 3.61. The van der Waals surface area contributed by atoms with Crippen LogP contribution in [0.1, 0.15) is 17.2 Å². The highest BCUT2D eigenvalue weighted by molar-refractivity contribution is 5.32. The molecule has 0 radical (unpaired) electrons. The number of hydrogen-bond acceptors (Lipinski definition) is 6. The van der Waals surface area contributed by atoms with Gasteiger partial charge in [0.2, 0.25) is 5.95 Å². The van der Waals surface area contributed by atoms with Gasteiger partial charge in [-0.05, 0) is 13.0 Å². The van der Waals surface area contributed by atoms with E-state index in [2.05, 4.69) is 25.4 Å². The summed E-state index contributed by atoms with van der Waals surface area (Å²) in [4.78, 5) is 12.3. The summed E-state index contributed by atoms with van der Waals surface area (Å²) in [6.07, 6.45) is 1.62. The second-order valence-corrected chi connectivity index (χ2v) is 3.52. The lowest BCUT2D eigenvalue weighted by Gasteiger charge is -2.03. The third-order valence-electron chi connectivity index (χ3n) is 2.02. The van der Waals surface area contributed by atoms with Gasteiger partial charge >= 0.3 is 0 Å². The molecule has 0 saturated carbocycles. The Morgan fingerprint density at radius 1 is 1.47 bits per heavy atom. The van der Waals surface area contributed by atoms with Crippen molar-refractivity contribution in [3.8, 4) is 6.07 Å². The van der Waals surface area contributed by atoms with Crippen molar-refractivity contribution in [2.45, 2.75) is 13.5 Å². The molecule has 7 nitrogen and oxygen atoms in total. The predicted molar refractivity (Wildman–Crippen MR) is 59.8 cm³/mol. The molecule has 0 bridgehead atoms. The van der Waals surface area contributed by atoms with E-state index in [-0.39, 0.29) is 0 Å². The van der Waals surface area contributed by atoms with Gasteiger partial charge in [0.25, 0.3) is 0 Å². The molecule has 0 spiro atoms. The molecular formula is C10H11N7. The summed E-state index contributed by atoms with van der Waals surface area (Å²) in [5, 5.41) is 15.9. The van der Waals surface area contributed by atoms with Crippen LogP contribution < -0.4 is 5.32 Å². The first-order valence-electron chi connectivity index (χ1n) is 5.01. The fourth-order valence-corrected chi connectivity index (χ4v) is 1.33. The number of aromatic nitrogens is 5. The number of nitrogens with zero attached hydrogens (tertiary/aromatic N) is 6. The number of aryl methyl sites for hydroxylation is 2. The Labute approximate surface area is 98.2 Å². The highest BCUT2D eigenvalue weighted by atomic mass is 15.3. The van der Waals surface area contributed by atoms with Gasteiger partial charge in [0.05, 0.1) is 6.54 Å². The van der Waals surface area contributed by atoms with Gasteiger partial charge in [-0.25, -0.2) is 15.0 Å². The Morgan fingerprint density at radius 3 is 2.94 bits per heavy atom. The molecule has 0 atom stereocenters. The first-order chi connectivity index (χ1) is 8.17. The van der Waals surface area contributed by atoms with Crippen LogP contribution in [0.25, 0.3) is 0 Å². The third-order valence-corrected chi connectivity index (χ3v) is 2.02. The number of rotatable bonds is 3. The van der Waals surface area contributed by atoms with Crippen molar-refractivity contribution in [3.05, 3.63) is 29.6 Å². The Balaban J connectivity index is 2.09. The van der Waals surface area contributed by atoms with Crippen molar-refractivity contribution >= 4 is 5.95 Å². The Bertz CT molecular complexity index is 566. The second-order valence-electron chi connectivity index (χ2n) is 3.52. The highest BCUT2D eigenvalue weighted by Crippen LogP contribution is 2.04. The molecule has 1 N–H and O–H groups in total. The molecule has 7 heteroatoms. The smallest absolute Gasteiger partial charge is 0.224 e. The predicted octanol–water partition coefficient (Wildman–Crippen LogP) is 0.397. The summed E-state index contributed by atoms with van der Waals surface area (Å²) < 4.78 is 1.62. The fourth-order valence-electron chi connectivity index (χ4n) is 1.33. The minimum absolute atomic E-state index is 0.342. The molecule has 0 aliphatic heterocycles. The van der Waals surface area contributed by atoms with Gasteiger partial charge in [0, 0.05) is 12.7 Å². The Hall–Kier alpha value is -2.49. The molecule has 86 valence electrons. The minimum Gasteiger partial charge on any atom is -0.347 e. The molecule has 0 unspecified atom stereocenters. The summed E-state index contributed by atoms with van der Waals surface area (Å²) in [7, 11) is 1.80. The SMILES string of the molecule is Cc1cc(C#N)nc(NCc2ncn(C)n2)n1. The highest BCUT2D eigenvalue weighted by Gasteiger charge is 2.03. The summed E-state index contributed by atoms with van der Waals surface area (Å²) in [5.74, 6) is 1.06. The van der Waals surface area contributed by atoms with Crippen molar-refractivity contribution in [3.63, 3.8) is 0 Å². The van der Waals surface area contributed by atoms with Gasteiger partial charge in [-0.15, -0.1) is 0 Å². The van der Waals surface area contributed by atoms with E-state index >= 15 is 0 Å². The van der Waals surface area contributed by atoms with E-state index in [0.717, 1.165) is 5.69 Å². The number of nitrogens with one attached hydrogen (secondary N) is 1. The van der Waals surface area contributed by atoms with Crippen LogP contribution in [0.15, 0.2) is 12.4 Å². The summed E-state index contributed by atoms with van der Waals surface area (Å²) in [5.41, 5.74) is 1.09. The number of hydrogen-bond donors (Lipinski definition) is 1. The van der Waals surface area contributed by atoms with Gasteiger partial charge in [-0.1, -0.05) is 0 Å². The fraction of sp³-hybridized carbons (Fsp3) is 0.300. The van der Waals surface area contributed by atoms with Crippen LogP contribution in [0.3, 0.4) is 0 Å². The molecule has 2 aromatic rings. The van der Waals surface area contributed by atoms with Gasteiger partial charge in [0.1, 0.15) is 18.1 Å². The van der Waals surface area contributed by atoms with Crippen molar-refractivity contribution < 1.29 is 0 Å². The van der Waals surface area contributed by atoms with Gasteiger partial charge in [-0.2, -0.15) is 10.4 Å². The van der Waals surface area contributed by atoms with Crippen molar-refractivity contribution in [2.24, 2.45) is 7.05 Å². The zero-order valence-electron chi connectivity index (χ0n) is 9.55. The molecule has 0 aliphatic carbocycles. The molecule has 0 fully saturated rings. The molecule has 0 saturated heterocycles. The van der Waals surface area contributed by atoms with E-state index in [9.17, 15) is 0 Å². The van der Waals surface area contributed by atoms with Crippen molar-refractivity contribution in [1.82, 2.24) is 24.7 Å². The normalized spacial score (nSPS) is 9.94. The molecule has 0 amide bonds. The molecular weight excluding hydrogens is 218 g/mol. The minimum atomic E-state index is 0.342. The molecule has 2 heterocycles. The third kappa shape index (κ3) is 2.75. The van der Waals surface area contributed by atoms with E-state index < -0.39 is 0 Å². The van der Waals surface area contributed by atoms with E-state index in [1.54, 1.807) is 24.1 Å². The van der Waals surface area contributed by atoms with Crippen LogP contribution in [0, 0.1) is 18.3 Å². The first kappa shape index (κ1) is 11.0. The van der Waals surface area contributed by atoms with Crippen molar-refractivity contribution in [2.75, 3.05) is 5.32 Å². The van der Waals surface area contributed by atoms with Crippen LogP contribution in [-0.2, 0) is 13.6 Å². The standard InChI is InChI=1S/C10H11N7/c1-7-3-8(4-11)15-10(14-7)12-5-9-13-6-17(2)16-9/h3,6H,5H2,1-2H3,(H,12,14,15). The lowest BCUT2D eigenvalue weighted by atomic mass is 10.3. The van der Waals surface area contributed by atoms with Gasteiger partial charge < -0.3 is 5.32 Å². The largest absolute Gasteiger partial charge is 0.347 e. The zero-order valence-corrected chi connectivity index (χ0v) is 9.55. The van der Waals surface area contributed by atoms with Crippen LogP contribution in [0.4, 0.5) is 5.95 Å². The maximum Gasteiger partial charge on any atom is 0.224 e. The van der Waals surface area contributed by atoms with E-state index in [4.69, 9.17) is 5.26 Å². The van der Waals surface area contributed by atoms with Crippen LogP contribution >= 0.6 is 0 Å². The second kappa shape index (κ2) is 4.57. The number of nitriles is 1. The van der Waals surface area contributed by atoms with Crippen LogP contribution in [0.5, 0.6) is 0 Å². The topological polar surface area (TPSA) is 92.3 Å². The van der Waals surface area contributed by atoms with Gasteiger partial charge in [0.15, 0.2) is 5.82 Å². The van der Waals surface area contributed by atoms with Gasteiger partial charge in [-0.3, -0.25) is 4.68 Å². The Kier molecular flexibility index (Phi) is 2.96. The van der Waals surface area contributed by atoms with E-state index in [1.165, 1.54) is 0 Å². The van der Waals surface area contributed by atoms with Crippen molar-refractivity contribution in [1.29, 1.82) is 5.26 Å². The maximum atomic E-state index is 8.78. The Morgan fingerprint density at radius 2 is 2.29 bits per heavy atom. The molecule has 0 aromatic carbocycles. The zero-order chi connectivity index (χ0) is 12.3. The molecule has 2 aromatic heterocycles. The van der Waals surface area contributed by atoms with Crippen LogP contribution in [0.2, 0.25) is 0 Å². The lowest BCUT2D eigenvalue weighted by molar-refractivity contribution is 0.746. The summed E-state index contributed by atoms with van der Waals surface area (Å²) >= 11 is 0. The monoisotopic (exact) mass is 229 g/mol. The average Bonchev–Trinajstić information content (AvgIpc) is 2.72. The maximum absolute atomic E-state index is 8.78. The lowest BCUT2D eigenvalue weighted by Crippen LogP contribution is -2.07. The first-order valence-corrected chi connectivity index (χ1v) is 5.01. The van der Waals surface area contributed by atoms with Crippen LogP contribution in [-0.4, -0.2) is 24.7 Å². The molecule has 2 rings (SSSR count). The summed E-state index contributed by atoms with van der Waals surface area (Å²) in [6.45, 7) is 2.24. The quantitative estimate of drug-likeness (QED) is 0.818. The number of anilines is 1.